The van der Waals surface area contributed by atoms with Gasteiger partial charge in [0, 0.05) is 16.5 Å². The number of halogens is 2. The fraction of sp³-hybridized carbons (Fsp3) is 0.0625. The van der Waals surface area contributed by atoms with E-state index in [1.165, 1.54) is 0 Å². The molecule has 0 heterocycles. The van der Waals surface area contributed by atoms with Gasteiger partial charge in [0.2, 0.25) is 0 Å². The van der Waals surface area contributed by atoms with Crippen LogP contribution in [0.5, 0.6) is 0 Å². The van der Waals surface area contributed by atoms with E-state index in [1.807, 2.05) is 48.5 Å². The van der Waals surface area contributed by atoms with Crippen molar-refractivity contribution >= 4 is 35.6 Å². The monoisotopic (exact) mass is 290 g/mol. The summed E-state index contributed by atoms with van der Waals surface area (Å²) in [6, 6.07) is 14.9. The SMILES string of the molecule is O=C/C(=C/c1cccc(Cl)c1)Cc1cccc(Cl)c1. The summed E-state index contributed by atoms with van der Waals surface area (Å²) in [7, 11) is 0. The molecule has 3 heteroatoms. The molecule has 0 amide bonds. The molecule has 0 radical (unpaired) electrons. The van der Waals surface area contributed by atoms with E-state index in [0.29, 0.717) is 22.0 Å². The van der Waals surface area contributed by atoms with Crippen molar-refractivity contribution in [3.05, 3.63) is 75.3 Å². The number of benzene rings is 2. The van der Waals surface area contributed by atoms with Gasteiger partial charge in [0.1, 0.15) is 6.29 Å². The molecular weight excluding hydrogens is 279 g/mol. The van der Waals surface area contributed by atoms with Crippen LogP contribution < -0.4 is 0 Å². The lowest BCUT2D eigenvalue weighted by atomic mass is 10.0. The van der Waals surface area contributed by atoms with Gasteiger partial charge in [-0.15, -0.1) is 0 Å². The third-order valence-electron chi connectivity index (χ3n) is 2.65. The molecule has 0 atom stereocenters. The van der Waals surface area contributed by atoms with Crippen molar-refractivity contribution in [2.24, 2.45) is 0 Å². The second kappa shape index (κ2) is 6.55. The van der Waals surface area contributed by atoms with Crippen LogP contribution in [0.25, 0.3) is 6.08 Å². The van der Waals surface area contributed by atoms with Gasteiger partial charge < -0.3 is 0 Å². The van der Waals surface area contributed by atoms with Gasteiger partial charge in [-0.25, -0.2) is 0 Å². The first-order valence-corrected chi connectivity index (χ1v) is 6.59. The molecule has 0 fully saturated rings. The van der Waals surface area contributed by atoms with Gasteiger partial charge in [0.15, 0.2) is 0 Å². The molecule has 96 valence electrons. The van der Waals surface area contributed by atoms with Crippen LogP contribution in [-0.2, 0) is 11.2 Å². The van der Waals surface area contributed by atoms with Crippen LogP contribution >= 0.6 is 23.2 Å². The van der Waals surface area contributed by atoms with Crippen LogP contribution in [0.1, 0.15) is 11.1 Å². The lowest BCUT2D eigenvalue weighted by molar-refractivity contribution is -0.104. The van der Waals surface area contributed by atoms with Crippen molar-refractivity contribution in [1.82, 2.24) is 0 Å². The number of rotatable bonds is 4. The van der Waals surface area contributed by atoms with E-state index < -0.39 is 0 Å². The van der Waals surface area contributed by atoms with Gasteiger partial charge in [0.05, 0.1) is 0 Å². The molecule has 0 bridgehead atoms. The predicted molar refractivity (Wildman–Crippen MR) is 80.6 cm³/mol. The van der Waals surface area contributed by atoms with Crippen LogP contribution in [0.3, 0.4) is 0 Å². The Labute approximate surface area is 122 Å². The zero-order chi connectivity index (χ0) is 13.7. The highest BCUT2D eigenvalue weighted by molar-refractivity contribution is 6.31. The summed E-state index contributed by atoms with van der Waals surface area (Å²) in [5.74, 6) is 0. The van der Waals surface area contributed by atoms with Crippen molar-refractivity contribution in [1.29, 1.82) is 0 Å². The molecule has 0 N–H and O–H groups in total. The minimum Gasteiger partial charge on any atom is -0.298 e. The normalized spacial score (nSPS) is 11.4. The number of aldehydes is 1. The molecule has 2 aromatic rings. The molecule has 0 aromatic heterocycles. The van der Waals surface area contributed by atoms with Crippen LogP contribution in [0.15, 0.2) is 54.1 Å². The summed E-state index contributed by atoms with van der Waals surface area (Å²) in [5.41, 5.74) is 2.61. The van der Waals surface area contributed by atoms with Gasteiger partial charge in [-0.3, -0.25) is 4.79 Å². The number of allylic oxidation sites excluding steroid dienone is 1. The highest BCUT2D eigenvalue weighted by Gasteiger charge is 2.01. The Morgan fingerprint density at radius 3 is 2.32 bits per heavy atom. The zero-order valence-electron chi connectivity index (χ0n) is 10.1. The first-order chi connectivity index (χ1) is 9.17. The molecular formula is C16H12Cl2O. The maximum Gasteiger partial charge on any atom is 0.146 e. The highest BCUT2D eigenvalue weighted by Crippen LogP contribution is 2.17. The fourth-order valence-electron chi connectivity index (χ4n) is 1.82. The first kappa shape index (κ1) is 13.9. The number of hydrogen-bond donors (Lipinski definition) is 0. The first-order valence-electron chi connectivity index (χ1n) is 5.83. The molecule has 0 saturated carbocycles. The van der Waals surface area contributed by atoms with E-state index in [1.54, 1.807) is 6.07 Å². The summed E-state index contributed by atoms with van der Waals surface area (Å²) in [5, 5.41) is 1.33. The fourth-order valence-corrected chi connectivity index (χ4v) is 2.23. The van der Waals surface area contributed by atoms with Crippen molar-refractivity contribution in [3.63, 3.8) is 0 Å². The van der Waals surface area contributed by atoms with E-state index in [2.05, 4.69) is 0 Å². The Morgan fingerprint density at radius 1 is 1.00 bits per heavy atom. The third-order valence-corrected chi connectivity index (χ3v) is 3.12. The molecule has 0 aliphatic rings. The summed E-state index contributed by atoms with van der Waals surface area (Å²) in [6.07, 6.45) is 3.25. The van der Waals surface area contributed by atoms with E-state index in [-0.39, 0.29) is 0 Å². The molecule has 0 unspecified atom stereocenters. The topological polar surface area (TPSA) is 17.1 Å². The Bertz CT molecular complexity index is 618. The van der Waals surface area contributed by atoms with Crippen LogP contribution in [0, 0.1) is 0 Å². The molecule has 19 heavy (non-hydrogen) atoms. The van der Waals surface area contributed by atoms with Crippen LogP contribution in [0.4, 0.5) is 0 Å². The molecule has 0 saturated heterocycles. The smallest absolute Gasteiger partial charge is 0.146 e. The van der Waals surface area contributed by atoms with Crippen molar-refractivity contribution in [3.8, 4) is 0 Å². The summed E-state index contributed by atoms with van der Waals surface area (Å²) >= 11 is 11.8. The van der Waals surface area contributed by atoms with Crippen molar-refractivity contribution in [2.75, 3.05) is 0 Å². The van der Waals surface area contributed by atoms with Crippen LogP contribution in [-0.4, -0.2) is 6.29 Å². The summed E-state index contributed by atoms with van der Waals surface area (Å²) < 4.78 is 0. The minimum absolute atomic E-state index is 0.552. The summed E-state index contributed by atoms with van der Waals surface area (Å²) in [6.45, 7) is 0. The molecule has 0 spiro atoms. The Balaban J connectivity index is 2.23. The second-order valence-electron chi connectivity index (χ2n) is 4.20. The van der Waals surface area contributed by atoms with Gasteiger partial charge in [-0.2, -0.15) is 0 Å². The van der Waals surface area contributed by atoms with Crippen LogP contribution in [0.2, 0.25) is 10.0 Å². The Kier molecular flexibility index (Phi) is 4.78. The van der Waals surface area contributed by atoms with E-state index in [4.69, 9.17) is 23.2 Å². The molecule has 2 aromatic carbocycles. The maximum atomic E-state index is 11.1. The van der Waals surface area contributed by atoms with Crippen molar-refractivity contribution < 1.29 is 4.79 Å². The van der Waals surface area contributed by atoms with Gasteiger partial charge in [-0.1, -0.05) is 47.5 Å². The summed E-state index contributed by atoms with van der Waals surface area (Å²) in [4.78, 5) is 11.1. The van der Waals surface area contributed by atoms with Gasteiger partial charge in [0.25, 0.3) is 0 Å². The van der Waals surface area contributed by atoms with E-state index >= 15 is 0 Å². The molecule has 2 rings (SSSR count). The number of hydrogen-bond acceptors (Lipinski definition) is 1. The predicted octanol–water partition coefficient (Wildman–Crippen LogP) is 4.82. The molecule has 0 aliphatic heterocycles. The number of carbonyl (C=O) groups excluding carboxylic acids is 1. The quantitative estimate of drug-likeness (QED) is 0.583. The van der Waals surface area contributed by atoms with Gasteiger partial charge in [-0.05, 0) is 47.0 Å². The standard InChI is InChI=1S/C16H12Cl2O/c17-15-5-1-3-12(9-15)7-14(11-19)8-13-4-2-6-16(18)10-13/h1-7,9-11H,8H2/b14-7+. The molecule has 0 aliphatic carbocycles. The Morgan fingerprint density at radius 2 is 1.68 bits per heavy atom. The lowest BCUT2D eigenvalue weighted by Gasteiger charge is -2.02. The largest absolute Gasteiger partial charge is 0.298 e. The van der Waals surface area contributed by atoms with Gasteiger partial charge >= 0.3 is 0 Å². The third kappa shape index (κ3) is 4.23. The molecule has 1 nitrogen and oxygen atoms in total. The maximum absolute atomic E-state index is 11.1. The second-order valence-corrected chi connectivity index (χ2v) is 5.07. The van der Waals surface area contributed by atoms with E-state index in [0.717, 1.165) is 17.4 Å². The zero-order valence-corrected chi connectivity index (χ0v) is 11.7. The lowest BCUT2D eigenvalue weighted by Crippen LogP contribution is -1.92. The average Bonchev–Trinajstić information content (AvgIpc) is 2.38. The van der Waals surface area contributed by atoms with E-state index in [9.17, 15) is 4.79 Å². The number of carbonyl (C=O) groups is 1. The highest BCUT2D eigenvalue weighted by atomic mass is 35.5. The van der Waals surface area contributed by atoms with Crippen molar-refractivity contribution in [2.45, 2.75) is 6.42 Å². The average molecular weight is 291 g/mol. The Hall–Kier alpha value is -1.57. The minimum atomic E-state index is 0.552.